The zero-order valence-corrected chi connectivity index (χ0v) is 41.3. The first kappa shape index (κ1) is 53.9. The molecule has 0 aliphatic carbocycles. The van der Waals surface area contributed by atoms with Crippen molar-refractivity contribution in [1.29, 1.82) is 0 Å². The fraction of sp³-hybridized carbons (Fsp3) is 0.519. The van der Waals surface area contributed by atoms with Gasteiger partial charge in [-0.05, 0) is 73.8 Å². The molecular weight excluding hydrogens is 879 g/mol. The zero-order valence-electron chi connectivity index (χ0n) is 41.3. The van der Waals surface area contributed by atoms with Gasteiger partial charge in [0.15, 0.2) is 23.8 Å². The summed E-state index contributed by atoms with van der Waals surface area (Å²) in [5, 5.41) is 11.8. The minimum absolute atomic E-state index is 0.0148. The normalized spacial score (nSPS) is 17.9. The summed E-state index contributed by atoms with van der Waals surface area (Å²) in [5.41, 5.74) is 1.61. The van der Waals surface area contributed by atoms with Gasteiger partial charge in [-0.15, -0.1) is 6.42 Å². The third-order valence-corrected chi connectivity index (χ3v) is 12.3. The first-order chi connectivity index (χ1) is 32.9. The van der Waals surface area contributed by atoms with Gasteiger partial charge in [0.05, 0.1) is 31.8 Å². The number of carbonyl (C=O) groups is 6. The molecule has 0 bridgehead atoms. The van der Waals surface area contributed by atoms with Gasteiger partial charge < -0.3 is 44.7 Å². The summed E-state index contributed by atoms with van der Waals surface area (Å²) < 4.78 is 22.9. The Bertz CT molecular complexity index is 2250. The Morgan fingerprint density at radius 2 is 1.28 bits per heavy atom. The molecular formula is C54H72N5O10+. The van der Waals surface area contributed by atoms with Crippen LogP contribution in [-0.2, 0) is 57.6 Å². The lowest BCUT2D eigenvalue weighted by Gasteiger charge is -2.41. The van der Waals surface area contributed by atoms with E-state index < -0.39 is 53.5 Å². The van der Waals surface area contributed by atoms with Crippen LogP contribution >= 0.6 is 0 Å². The number of terminal acetylenes is 1. The number of hydrogen-bond donors (Lipinski definition) is 4. The van der Waals surface area contributed by atoms with E-state index in [-0.39, 0.29) is 74.2 Å². The first-order valence-electron chi connectivity index (χ1n) is 24.2. The molecule has 15 heteroatoms. The van der Waals surface area contributed by atoms with E-state index in [1.165, 1.54) is 0 Å². The highest BCUT2D eigenvalue weighted by atomic mass is 16.6. The standard InChI is InChI=1S/C54H71N5O10/c1-9-26-67-47-32-41(21-23-46(47)69-53(65)38(6)7)33-59(24-27-66-28-25-59)34-48(60)55-42(22-20-39-16-12-10-13-17-39)50(62)57-44(30-37(4)5)51(63)58-45(31-40-18-14-11-15-19-40)52(64)56-43(29-36(2)3)49(61)54(8)35-68-54/h1,10-19,21,23,32,36-38,42-45H,20,22,24-31,33-35H2,2-8H3,(H3-,55,56,57,58,60,62,63,64)/p+1/t42?,43?,44?,45?,54-/m1/s1. The van der Waals surface area contributed by atoms with Crippen molar-refractivity contribution in [3.8, 4) is 23.8 Å². The predicted molar refractivity (Wildman–Crippen MR) is 262 cm³/mol. The molecule has 69 heavy (non-hydrogen) atoms. The predicted octanol–water partition coefficient (Wildman–Crippen LogP) is 4.87. The van der Waals surface area contributed by atoms with Crippen LogP contribution < -0.4 is 30.7 Å². The maximum atomic E-state index is 14.5. The summed E-state index contributed by atoms with van der Waals surface area (Å²) in [4.78, 5) is 83.5. The van der Waals surface area contributed by atoms with Crippen LogP contribution in [0.2, 0.25) is 0 Å². The van der Waals surface area contributed by atoms with E-state index in [2.05, 4.69) is 27.2 Å². The highest BCUT2D eigenvalue weighted by molar-refractivity contribution is 5.99. The summed E-state index contributed by atoms with van der Waals surface area (Å²) in [6.07, 6.45) is 6.96. The minimum atomic E-state index is -1.09. The van der Waals surface area contributed by atoms with E-state index in [9.17, 15) is 28.8 Å². The number of aryl methyl sites for hydroxylation is 1. The van der Waals surface area contributed by atoms with Crippen LogP contribution in [0.1, 0.15) is 84.4 Å². The zero-order chi connectivity index (χ0) is 50.1. The highest BCUT2D eigenvalue weighted by Gasteiger charge is 2.50. The molecule has 2 fully saturated rings. The maximum Gasteiger partial charge on any atom is 0.313 e. The van der Waals surface area contributed by atoms with Crippen LogP contribution in [0.5, 0.6) is 11.5 Å². The molecule has 4 N–H and O–H groups in total. The molecule has 0 saturated carbocycles. The molecule has 0 aromatic heterocycles. The molecule has 2 aliphatic rings. The summed E-state index contributed by atoms with van der Waals surface area (Å²) in [7, 11) is 0. The van der Waals surface area contributed by atoms with E-state index in [0.717, 1.165) is 16.7 Å². The number of carbonyl (C=O) groups excluding carboxylic acids is 6. The van der Waals surface area contributed by atoms with Crippen LogP contribution in [0, 0.1) is 30.1 Å². The minimum Gasteiger partial charge on any atom is -0.477 e. The van der Waals surface area contributed by atoms with E-state index in [1.54, 1.807) is 32.9 Å². The topological polar surface area (TPSA) is 191 Å². The molecule has 372 valence electrons. The van der Waals surface area contributed by atoms with Crippen LogP contribution in [0.3, 0.4) is 0 Å². The number of nitrogens with one attached hydrogen (secondary N) is 4. The van der Waals surface area contributed by atoms with E-state index in [0.29, 0.717) is 55.9 Å². The second kappa shape index (κ2) is 25.5. The Morgan fingerprint density at radius 1 is 0.710 bits per heavy atom. The molecule has 0 spiro atoms. The lowest BCUT2D eigenvalue weighted by atomic mass is 9.93. The van der Waals surface area contributed by atoms with Gasteiger partial charge in [-0.1, -0.05) is 108 Å². The maximum absolute atomic E-state index is 14.5. The Kier molecular flexibility index (Phi) is 19.9. The van der Waals surface area contributed by atoms with Crippen molar-refractivity contribution in [2.75, 3.05) is 46.1 Å². The summed E-state index contributed by atoms with van der Waals surface area (Å²) in [6, 6.07) is 20.1. The van der Waals surface area contributed by atoms with Crippen molar-refractivity contribution in [2.45, 2.75) is 117 Å². The number of nitrogens with zero attached hydrogens (tertiary/aromatic N) is 1. The number of benzene rings is 3. The van der Waals surface area contributed by atoms with E-state index in [4.69, 9.17) is 25.4 Å². The second-order valence-corrected chi connectivity index (χ2v) is 19.7. The molecule has 3 aromatic rings. The van der Waals surface area contributed by atoms with Crippen LogP contribution in [0.4, 0.5) is 0 Å². The molecule has 15 nitrogen and oxygen atoms in total. The number of quaternary nitrogens is 1. The molecule has 4 unspecified atom stereocenters. The molecule has 0 radical (unpaired) electrons. The van der Waals surface area contributed by atoms with Crippen molar-refractivity contribution in [1.82, 2.24) is 21.3 Å². The highest BCUT2D eigenvalue weighted by Crippen LogP contribution is 2.32. The Balaban J connectivity index is 1.37. The number of ketones is 1. The van der Waals surface area contributed by atoms with Gasteiger partial charge in [-0.3, -0.25) is 28.8 Å². The van der Waals surface area contributed by atoms with Crippen molar-refractivity contribution in [2.24, 2.45) is 17.8 Å². The smallest absolute Gasteiger partial charge is 0.313 e. The lowest BCUT2D eigenvalue weighted by Crippen LogP contribution is -2.61. The largest absolute Gasteiger partial charge is 0.477 e. The van der Waals surface area contributed by atoms with Gasteiger partial charge in [-0.2, -0.15) is 0 Å². The van der Waals surface area contributed by atoms with E-state index >= 15 is 0 Å². The number of morpholine rings is 1. The van der Waals surface area contributed by atoms with Crippen LogP contribution in [-0.4, -0.2) is 116 Å². The van der Waals surface area contributed by atoms with Gasteiger partial charge in [0.1, 0.15) is 50.0 Å². The second-order valence-electron chi connectivity index (χ2n) is 19.7. The van der Waals surface area contributed by atoms with Crippen molar-refractivity contribution in [3.63, 3.8) is 0 Å². The average Bonchev–Trinajstić information content (AvgIpc) is 4.07. The SMILES string of the molecule is C#CCOc1cc(C[N+]2(CC(=O)NC(CCc3ccccc3)C(=O)NC(CC(C)C)C(=O)NC(Cc3ccccc3)C(=O)NC(CC(C)C)C(=O)[C@@]3(C)CO3)CCOCC2)ccc1OC(=O)C(C)C. The number of rotatable bonds is 26. The summed E-state index contributed by atoms with van der Waals surface area (Å²) in [6.45, 7) is 15.5. The third kappa shape index (κ3) is 16.8. The van der Waals surface area contributed by atoms with Crippen molar-refractivity contribution >= 4 is 35.4 Å². The number of hydrogen-bond acceptors (Lipinski definition) is 10. The number of Topliss-reactive ketones (excluding diaryl/α,β-unsaturated/α-hetero) is 1. The summed E-state index contributed by atoms with van der Waals surface area (Å²) in [5.74, 6) is 0.0283. The van der Waals surface area contributed by atoms with Crippen LogP contribution in [0.15, 0.2) is 78.9 Å². The average molecular weight is 951 g/mol. The number of amides is 4. The Labute approximate surface area is 407 Å². The molecule has 4 amide bonds. The van der Waals surface area contributed by atoms with Gasteiger partial charge in [0, 0.05) is 12.0 Å². The van der Waals surface area contributed by atoms with Gasteiger partial charge in [0.25, 0.3) is 5.91 Å². The molecule has 2 saturated heterocycles. The number of esters is 1. The lowest BCUT2D eigenvalue weighted by molar-refractivity contribution is -0.940. The van der Waals surface area contributed by atoms with E-state index in [1.807, 2.05) is 94.4 Å². The Morgan fingerprint density at radius 3 is 1.87 bits per heavy atom. The number of epoxide rings is 1. The fourth-order valence-electron chi connectivity index (χ4n) is 8.35. The third-order valence-electron chi connectivity index (χ3n) is 12.3. The number of ether oxygens (including phenoxy) is 4. The quantitative estimate of drug-likeness (QED) is 0.0284. The Hall–Kier alpha value is -6.08. The van der Waals surface area contributed by atoms with Gasteiger partial charge in [0.2, 0.25) is 17.7 Å². The molecule has 5 atom stereocenters. The molecule has 3 aromatic carbocycles. The molecule has 2 aliphatic heterocycles. The fourth-order valence-corrected chi connectivity index (χ4v) is 8.35. The van der Waals surface area contributed by atoms with Crippen LogP contribution in [0.25, 0.3) is 0 Å². The molecule has 5 rings (SSSR count). The van der Waals surface area contributed by atoms with Gasteiger partial charge >= 0.3 is 5.97 Å². The van der Waals surface area contributed by atoms with Gasteiger partial charge in [-0.25, -0.2) is 0 Å². The summed E-state index contributed by atoms with van der Waals surface area (Å²) >= 11 is 0. The van der Waals surface area contributed by atoms with Crippen molar-refractivity contribution < 1.29 is 52.2 Å². The first-order valence-corrected chi connectivity index (χ1v) is 24.2. The molecule has 2 heterocycles. The van der Waals surface area contributed by atoms with Crippen molar-refractivity contribution in [3.05, 3.63) is 95.6 Å². The monoisotopic (exact) mass is 951 g/mol.